The average molecular weight is 430 g/mol. The number of anilines is 1. The smallest absolute Gasteiger partial charge is 0.348 e. The van der Waals surface area contributed by atoms with Crippen LogP contribution in [0.4, 0.5) is 5.00 Å². The minimum absolute atomic E-state index is 0.0523. The molecule has 1 amide bonds. The molecule has 30 heavy (non-hydrogen) atoms. The Morgan fingerprint density at radius 2 is 1.80 bits per heavy atom. The summed E-state index contributed by atoms with van der Waals surface area (Å²) in [5.74, 6) is -1.43. The largest absolute Gasteiger partial charge is 0.462 e. The van der Waals surface area contributed by atoms with Gasteiger partial charge in [0.1, 0.15) is 16.5 Å². The molecule has 0 aliphatic heterocycles. The molecule has 0 unspecified atom stereocenters. The first-order valence-electron chi connectivity index (χ1n) is 9.65. The summed E-state index contributed by atoms with van der Waals surface area (Å²) in [6, 6.07) is 9.69. The maximum absolute atomic E-state index is 13.0. The molecule has 7 heteroatoms. The van der Waals surface area contributed by atoms with E-state index in [2.05, 4.69) is 11.9 Å². The maximum Gasteiger partial charge on any atom is 0.348 e. The molecule has 0 spiro atoms. The molecule has 0 aliphatic carbocycles. The molecule has 6 nitrogen and oxygen atoms in total. The standard InChI is InChI=1S/C23H27NO5S/c1-6-13-29-21(26)18-15(3)17(20(25)28-7-2)19(30-18)24-22(27)23(4,5)14-16-11-9-8-10-12-16/h6,8-12H,1,7,13-14H2,2-5H3,(H,24,27). The molecular weight excluding hydrogens is 402 g/mol. The van der Waals surface area contributed by atoms with E-state index < -0.39 is 17.4 Å². The molecule has 2 rings (SSSR count). The Bertz CT molecular complexity index is 931. The number of carbonyl (C=O) groups is 3. The van der Waals surface area contributed by atoms with Gasteiger partial charge in [-0.2, -0.15) is 0 Å². The predicted octanol–water partition coefficient (Wildman–Crippen LogP) is 4.78. The summed E-state index contributed by atoms with van der Waals surface area (Å²) in [4.78, 5) is 38.2. The zero-order chi connectivity index (χ0) is 22.3. The Morgan fingerprint density at radius 1 is 1.13 bits per heavy atom. The SMILES string of the molecule is C=CCOC(=O)c1sc(NC(=O)C(C)(C)Cc2ccccc2)c(C(=O)OCC)c1C. The first-order valence-corrected chi connectivity index (χ1v) is 10.5. The monoisotopic (exact) mass is 429 g/mol. The number of hydrogen-bond donors (Lipinski definition) is 1. The second-order valence-electron chi connectivity index (χ2n) is 7.37. The molecule has 0 radical (unpaired) electrons. The Kier molecular flexibility index (Phi) is 7.94. The van der Waals surface area contributed by atoms with Crippen LogP contribution in [-0.2, 0) is 20.7 Å². The number of benzene rings is 1. The molecule has 160 valence electrons. The molecule has 2 aromatic rings. The molecule has 1 heterocycles. The third-order valence-electron chi connectivity index (χ3n) is 4.47. The summed E-state index contributed by atoms with van der Waals surface area (Å²) in [7, 11) is 0. The molecule has 1 N–H and O–H groups in total. The van der Waals surface area contributed by atoms with Crippen LogP contribution in [0.5, 0.6) is 0 Å². The van der Waals surface area contributed by atoms with E-state index in [-0.39, 0.29) is 34.6 Å². The van der Waals surface area contributed by atoms with Crippen LogP contribution in [0.15, 0.2) is 43.0 Å². The second kappa shape index (κ2) is 10.2. The number of rotatable bonds is 9. The van der Waals surface area contributed by atoms with Gasteiger partial charge in [0.2, 0.25) is 5.91 Å². The van der Waals surface area contributed by atoms with Crippen LogP contribution >= 0.6 is 11.3 Å². The Labute approximate surface area is 180 Å². The van der Waals surface area contributed by atoms with Gasteiger partial charge in [-0.25, -0.2) is 9.59 Å². The lowest BCUT2D eigenvalue weighted by Crippen LogP contribution is -2.33. The summed E-state index contributed by atoms with van der Waals surface area (Å²) in [6.45, 7) is 10.7. The van der Waals surface area contributed by atoms with Crippen LogP contribution < -0.4 is 5.32 Å². The van der Waals surface area contributed by atoms with E-state index in [0.29, 0.717) is 12.0 Å². The fraction of sp³-hybridized carbons (Fsp3) is 0.348. The lowest BCUT2D eigenvalue weighted by Gasteiger charge is -2.23. The van der Waals surface area contributed by atoms with E-state index in [1.807, 2.05) is 44.2 Å². The van der Waals surface area contributed by atoms with E-state index in [4.69, 9.17) is 9.47 Å². The lowest BCUT2D eigenvalue weighted by atomic mass is 9.85. The molecule has 0 aliphatic rings. The number of hydrogen-bond acceptors (Lipinski definition) is 6. The number of thiophene rings is 1. The third kappa shape index (κ3) is 5.57. The highest BCUT2D eigenvalue weighted by Crippen LogP contribution is 2.36. The van der Waals surface area contributed by atoms with E-state index in [0.717, 1.165) is 16.9 Å². The van der Waals surface area contributed by atoms with Crippen LogP contribution in [0.25, 0.3) is 0 Å². The van der Waals surface area contributed by atoms with E-state index >= 15 is 0 Å². The maximum atomic E-state index is 13.0. The highest BCUT2D eigenvalue weighted by Gasteiger charge is 2.32. The number of esters is 2. The summed E-state index contributed by atoms with van der Waals surface area (Å²) in [5.41, 5.74) is 0.883. The van der Waals surface area contributed by atoms with Gasteiger partial charge in [-0.3, -0.25) is 4.79 Å². The van der Waals surface area contributed by atoms with Crippen molar-refractivity contribution in [3.63, 3.8) is 0 Å². The van der Waals surface area contributed by atoms with Crippen molar-refractivity contribution in [1.82, 2.24) is 0 Å². The van der Waals surface area contributed by atoms with Crippen molar-refractivity contribution in [1.29, 1.82) is 0 Å². The van der Waals surface area contributed by atoms with Crippen LogP contribution in [0.1, 0.15) is 51.9 Å². The van der Waals surface area contributed by atoms with Crippen LogP contribution in [-0.4, -0.2) is 31.1 Å². The highest BCUT2D eigenvalue weighted by molar-refractivity contribution is 7.18. The molecule has 0 fully saturated rings. The van der Waals surface area contributed by atoms with Crippen LogP contribution in [0.3, 0.4) is 0 Å². The van der Waals surface area contributed by atoms with Gasteiger partial charge in [-0.15, -0.1) is 11.3 Å². The normalized spacial score (nSPS) is 10.9. The Hall–Kier alpha value is -2.93. The molecule has 0 bridgehead atoms. The summed E-state index contributed by atoms with van der Waals surface area (Å²) in [5, 5.41) is 3.11. The van der Waals surface area contributed by atoms with Crippen molar-refractivity contribution in [3.8, 4) is 0 Å². The Balaban J connectivity index is 2.34. The number of carbonyl (C=O) groups excluding carboxylic acids is 3. The fourth-order valence-corrected chi connectivity index (χ4v) is 3.99. The van der Waals surface area contributed by atoms with Crippen molar-refractivity contribution >= 4 is 34.2 Å². The second-order valence-corrected chi connectivity index (χ2v) is 8.39. The van der Waals surface area contributed by atoms with Gasteiger partial charge in [-0.1, -0.05) is 56.8 Å². The van der Waals surface area contributed by atoms with Gasteiger partial charge >= 0.3 is 11.9 Å². The molecule has 0 atom stereocenters. The number of ether oxygens (including phenoxy) is 2. The first-order chi connectivity index (χ1) is 14.2. The zero-order valence-corrected chi connectivity index (χ0v) is 18.6. The molecular formula is C23H27NO5S. The van der Waals surface area contributed by atoms with E-state index in [1.165, 1.54) is 6.08 Å². The van der Waals surface area contributed by atoms with Crippen LogP contribution in [0.2, 0.25) is 0 Å². The first kappa shape index (κ1) is 23.3. The summed E-state index contributed by atoms with van der Waals surface area (Å²) >= 11 is 1.01. The van der Waals surface area contributed by atoms with Crippen molar-refractivity contribution in [2.24, 2.45) is 5.41 Å². The molecule has 1 aromatic heterocycles. The minimum atomic E-state index is -0.741. The summed E-state index contributed by atoms with van der Waals surface area (Å²) in [6.07, 6.45) is 1.98. The van der Waals surface area contributed by atoms with Gasteiger partial charge in [0, 0.05) is 5.41 Å². The van der Waals surface area contributed by atoms with Crippen molar-refractivity contribution in [2.75, 3.05) is 18.5 Å². The quantitative estimate of drug-likeness (QED) is 0.458. The molecule has 1 aromatic carbocycles. The van der Waals surface area contributed by atoms with Crippen LogP contribution in [0, 0.1) is 12.3 Å². The predicted molar refractivity (Wildman–Crippen MR) is 118 cm³/mol. The number of nitrogens with one attached hydrogen (secondary N) is 1. The van der Waals surface area contributed by atoms with Gasteiger partial charge in [0.15, 0.2) is 0 Å². The topological polar surface area (TPSA) is 81.7 Å². The zero-order valence-electron chi connectivity index (χ0n) is 17.7. The number of amides is 1. The van der Waals surface area contributed by atoms with E-state index in [9.17, 15) is 14.4 Å². The highest BCUT2D eigenvalue weighted by atomic mass is 32.1. The minimum Gasteiger partial charge on any atom is -0.462 e. The van der Waals surface area contributed by atoms with Crippen molar-refractivity contribution < 1.29 is 23.9 Å². The van der Waals surface area contributed by atoms with Gasteiger partial charge < -0.3 is 14.8 Å². The fourth-order valence-electron chi connectivity index (χ4n) is 2.90. The third-order valence-corrected chi connectivity index (χ3v) is 5.66. The van der Waals surface area contributed by atoms with Crippen molar-refractivity contribution in [2.45, 2.75) is 34.1 Å². The van der Waals surface area contributed by atoms with Gasteiger partial charge in [0.25, 0.3) is 0 Å². The lowest BCUT2D eigenvalue weighted by molar-refractivity contribution is -0.123. The van der Waals surface area contributed by atoms with Gasteiger partial charge in [0.05, 0.1) is 12.2 Å². The Morgan fingerprint density at radius 3 is 2.40 bits per heavy atom. The van der Waals surface area contributed by atoms with Gasteiger partial charge in [-0.05, 0) is 31.4 Å². The van der Waals surface area contributed by atoms with Crippen molar-refractivity contribution in [3.05, 3.63) is 64.6 Å². The molecule has 0 saturated carbocycles. The average Bonchev–Trinajstić information content (AvgIpc) is 3.02. The summed E-state index contributed by atoms with van der Waals surface area (Å²) < 4.78 is 10.2. The van der Waals surface area contributed by atoms with E-state index in [1.54, 1.807) is 13.8 Å². The molecule has 0 saturated heterocycles.